The van der Waals surface area contributed by atoms with Crippen LogP contribution in [0.25, 0.3) is 10.6 Å². The fraction of sp³-hybridized carbons (Fsp3) is 0.850. The molecule has 6 rings (SSSR count). The molecule has 8 unspecified atom stereocenters. The van der Waals surface area contributed by atoms with Gasteiger partial charge in [-0.2, -0.15) is 6.20 Å². The quantitative estimate of drug-likeness (QED) is 0.126. The number of nitrogens with zero attached hydrogens (tertiary/aromatic N) is 2. The third-order valence-electron chi connectivity index (χ3n) is 12.7. The van der Waals surface area contributed by atoms with Crippen LogP contribution in [0.5, 0.6) is 0 Å². The summed E-state index contributed by atoms with van der Waals surface area (Å²) in [5, 5.41) is 82.9. The second kappa shape index (κ2) is 51.8. The summed E-state index contributed by atoms with van der Waals surface area (Å²) in [5.41, 5.74) is 1.29. The van der Waals surface area contributed by atoms with Gasteiger partial charge in [-0.1, -0.05) is 88.5 Å². The van der Waals surface area contributed by atoms with Gasteiger partial charge in [0.2, 0.25) is 0 Å². The molecular formula is C40H80Cd7N2O14-2. The van der Waals surface area contributed by atoms with Crippen molar-refractivity contribution in [1.29, 1.82) is 0 Å². The number of aliphatic hydroxyl groups is 8. The van der Waals surface area contributed by atoms with E-state index in [0.29, 0.717) is 23.7 Å². The van der Waals surface area contributed by atoms with E-state index in [-0.39, 0.29) is 248 Å². The van der Waals surface area contributed by atoms with Gasteiger partial charge < -0.3 is 84.3 Å². The van der Waals surface area contributed by atoms with Crippen LogP contribution >= 0.6 is 0 Å². The number of allylic oxidation sites excluding steroid dienone is 4. The zero-order chi connectivity index (χ0) is 35.9. The van der Waals surface area contributed by atoms with Crippen molar-refractivity contribution in [3.63, 3.8) is 0 Å². The van der Waals surface area contributed by atoms with E-state index in [2.05, 4.69) is 34.9 Å². The number of aliphatic hydroxyl groups excluding tert-OH is 4. The molecule has 0 aromatic carbocycles. The van der Waals surface area contributed by atoms with Gasteiger partial charge in [-0.05, 0) is 86.5 Å². The molecule has 350 valence electrons. The summed E-state index contributed by atoms with van der Waals surface area (Å²) in [6, 6.07) is 0. The standard InChI is InChI=1S/2C14H26O4.C12H16N2.7Cd.6H2O/c2*15-13(16)11-5-1-3-9(7-11)10-4-2-6-12(8-10)14(17)18;1(11-3-7-13-8-4-11)2-12-5-9-14-10-6-12;;;;;;;;;;;;;/h2*9-18H,1-8H2;1-4,7,12H,5-6,8-10H2;;;;;;;;6*1H2/q;;-2;;;;;;;;;;;;;. The maximum atomic E-state index is 9.31. The molecule has 0 bridgehead atoms. The van der Waals surface area contributed by atoms with Crippen LogP contribution in [0.3, 0.4) is 0 Å². The van der Waals surface area contributed by atoms with E-state index < -0.39 is 25.2 Å². The van der Waals surface area contributed by atoms with Gasteiger partial charge in [0.25, 0.3) is 0 Å². The van der Waals surface area contributed by atoms with Crippen LogP contribution in [0.1, 0.15) is 116 Å². The summed E-state index contributed by atoms with van der Waals surface area (Å²) in [4.78, 5) is 0. The number of rotatable bonds is 8. The van der Waals surface area contributed by atoms with Crippen LogP contribution in [0.15, 0.2) is 36.1 Å². The second-order valence-corrected chi connectivity index (χ2v) is 16.2. The van der Waals surface area contributed by atoms with Crippen LogP contribution in [-0.4, -0.2) is 119 Å². The molecule has 23 heteroatoms. The van der Waals surface area contributed by atoms with Gasteiger partial charge in [-0.15, -0.1) is 19.6 Å². The second-order valence-electron chi connectivity index (χ2n) is 16.2. The summed E-state index contributed by atoms with van der Waals surface area (Å²) < 4.78 is 0. The van der Waals surface area contributed by atoms with Crippen molar-refractivity contribution in [3.8, 4) is 0 Å². The first kappa shape index (κ1) is 90.6. The van der Waals surface area contributed by atoms with Crippen molar-refractivity contribution < 1.29 is 265 Å². The van der Waals surface area contributed by atoms with Crippen LogP contribution in [0.2, 0.25) is 0 Å². The van der Waals surface area contributed by atoms with Crippen LogP contribution in [-0.2, 0) is 191 Å². The van der Waals surface area contributed by atoms with Gasteiger partial charge in [0.05, 0.1) is 0 Å². The molecule has 5 fully saturated rings. The van der Waals surface area contributed by atoms with Gasteiger partial charge >= 0.3 is 0 Å². The Hall–Kier alpha value is 4.87. The SMILES string of the molecule is C1=CC(C=CC2CC[N-]CC2)=CC[N-]1.O.O.O.O.O.O.OC(O)C1CCCC(C2CCCC(C(O)O)C2)C1.OC(O)C1CCCC(C2CCCC(C(O)O)C2)C1.[Cd].[Cd].[Cd].[Cd].[Cd].[Cd].[Cd]. The first-order chi connectivity index (χ1) is 24.1. The molecule has 6 aliphatic rings. The summed E-state index contributed by atoms with van der Waals surface area (Å²) in [6.07, 6.45) is 24.4. The fourth-order valence-electron chi connectivity index (χ4n) is 9.62. The molecule has 0 radical (unpaired) electrons. The number of hydrogen-bond acceptors (Lipinski definition) is 8. The smallest absolute Gasteiger partial charge is 0.154 e. The monoisotopic (exact) mass is 1610 g/mol. The van der Waals surface area contributed by atoms with E-state index in [9.17, 15) is 40.9 Å². The Balaban J connectivity index is -0.0000000762. The Labute approximate surface area is 517 Å². The summed E-state index contributed by atoms with van der Waals surface area (Å²) in [6.45, 7) is 2.91. The van der Waals surface area contributed by atoms with E-state index in [0.717, 1.165) is 128 Å². The molecule has 0 spiro atoms. The van der Waals surface area contributed by atoms with Gasteiger partial charge in [0.15, 0.2) is 25.2 Å². The summed E-state index contributed by atoms with van der Waals surface area (Å²) in [7, 11) is 0. The molecule has 0 aromatic heterocycles. The largest absolute Gasteiger partial charge is 0.687 e. The van der Waals surface area contributed by atoms with E-state index in [1.807, 2.05) is 6.20 Å². The van der Waals surface area contributed by atoms with Gasteiger partial charge in [0, 0.05) is 215 Å². The molecule has 1 saturated heterocycles. The number of hydrogen-bond donors (Lipinski definition) is 8. The number of piperidine rings is 1. The molecule has 2 heterocycles. The normalized spacial score (nSPS) is 27.1. The van der Waals surface area contributed by atoms with Gasteiger partial charge in [-0.25, -0.2) is 0 Å². The van der Waals surface area contributed by atoms with Crippen molar-refractivity contribution in [2.75, 3.05) is 19.6 Å². The Bertz CT molecular complexity index is 968. The molecule has 2 aliphatic heterocycles. The average Bonchev–Trinajstić information content (AvgIpc) is 3.15. The molecule has 4 saturated carbocycles. The molecule has 8 atom stereocenters. The molecule has 20 N–H and O–H groups in total. The van der Waals surface area contributed by atoms with Crippen molar-refractivity contribution in [2.45, 2.75) is 141 Å². The van der Waals surface area contributed by atoms with Gasteiger partial charge in [-0.3, -0.25) is 0 Å². The molecule has 4 aliphatic carbocycles. The summed E-state index contributed by atoms with van der Waals surface area (Å²) in [5.74, 6) is 2.94. The Morgan fingerprint density at radius 3 is 1.00 bits per heavy atom. The minimum atomic E-state index is -1.18. The van der Waals surface area contributed by atoms with Crippen molar-refractivity contribution in [2.24, 2.45) is 53.3 Å². The molecule has 0 aromatic rings. The minimum absolute atomic E-state index is 0. The first-order valence-corrected chi connectivity index (χ1v) is 19.9. The average molecular weight is 1600 g/mol. The van der Waals surface area contributed by atoms with Gasteiger partial charge in [0.1, 0.15) is 0 Å². The zero-order valence-electron chi connectivity index (χ0n) is 38.2. The first-order valence-electron chi connectivity index (χ1n) is 19.9. The third-order valence-corrected chi connectivity index (χ3v) is 12.7. The maximum absolute atomic E-state index is 9.31. The predicted octanol–water partition coefficient (Wildman–Crippen LogP) is 0.629. The van der Waals surface area contributed by atoms with E-state index in [1.54, 1.807) is 0 Å². The fourth-order valence-corrected chi connectivity index (χ4v) is 9.62. The summed E-state index contributed by atoms with van der Waals surface area (Å²) >= 11 is 0. The van der Waals surface area contributed by atoms with Crippen LogP contribution < -0.4 is 0 Å². The van der Waals surface area contributed by atoms with Crippen LogP contribution in [0.4, 0.5) is 0 Å². The van der Waals surface area contributed by atoms with Crippen LogP contribution in [0, 0.1) is 53.3 Å². The van der Waals surface area contributed by atoms with E-state index >= 15 is 0 Å². The van der Waals surface area contributed by atoms with Crippen molar-refractivity contribution in [1.82, 2.24) is 0 Å². The Kier molecular flexibility index (Phi) is 74.5. The predicted molar refractivity (Wildman–Crippen MR) is 217 cm³/mol. The molecular weight excluding hydrogens is 1520 g/mol. The Morgan fingerprint density at radius 2 is 0.746 bits per heavy atom. The molecule has 0 amide bonds. The zero-order valence-corrected chi connectivity index (χ0v) is 66.4. The topological polar surface area (TPSA) is 379 Å². The Morgan fingerprint density at radius 1 is 0.444 bits per heavy atom. The third kappa shape index (κ3) is 34.8. The maximum Gasteiger partial charge on any atom is 0.154 e. The van der Waals surface area contributed by atoms with E-state index in [4.69, 9.17) is 0 Å². The minimum Gasteiger partial charge on any atom is -0.687 e. The van der Waals surface area contributed by atoms with E-state index in [1.165, 1.54) is 18.4 Å². The molecule has 16 nitrogen and oxygen atoms in total. The van der Waals surface area contributed by atoms with Crippen molar-refractivity contribution >= 4 is 0 Å². The van der Waals surface area contributed by atoms with Crippen molar-refractivity contribution in [3.05, 3.63) is 46.7 Å². The molecule has 63 heavy (non-hydrogen) atoms.